The largest absolute Gasteiger partial charge is 0.356 e. The zero-order chi connectivity index (χ0) is 12.3. The van der Waals surface area contributed by atoms with Gasteiger partial charge in [-0.15, -0.1) is 0 Å². The second-order valence-electron chi connectivity index (χ2n) is 4.92. The van der Waals surface area contributed by atoms with Gasteiger partial charge in [-0.1, -0.05) is 26.7 Å². The molecule has 1 aliphatic rings. The van der Waals surface area contributed by atoms with Crippen LogP contribution in [0.4, 0.5) is 5.13 Å². The number of rotatable bonds is 4. The Bertz CT molecular complexity index is 351. The monoisotopic (exact) mass is 271 g/mol. The molecule has 1 N–H and O–H groups in total. The first kappa shape index (κ1) is 13.1. The third-order valence-corrected chi connectivity index (χ3v) is 5.10. The molecule has 0 aliphatic heterocycles. The van der Waals surface area contributed by atoms with Crippen molar-refractivity contribution in [3.05, 3.63) is 5.82 Å². The van der Waals surface area contributed by atoms with Crippen molar-refractivity contribution in [1.82, 2.24) is 9.36 Å². The van der Waals surface area contributed by atoms with Gasteiger partial charge in [-0.3, -0.25) is 0 Å². The van der Waals surface area contributed by atoms with Crippen molar-refractivity contribution < 1.29 is 0 Å². The first-order valence-electron chi connectivity index (χ1n) is 6.33. The molecule has 0 spiro atoms. The van der Waals surface area contributed by atoms with Crippen LogP contribution in [-0.4, -0.2) is 26.9 Å². The van der Waals surface area contributed by atoms with E-state index in [-0.39, 0.29) is 0 Å². The zero-order valence-electron chi connectivity index (χ0n) is 10.8. The van der Waals surface area contributed by atoms with Crippen LogP contribution in [0.15, 0.2) is 0 Å². The van der Waals surface area contributed by atoms with Crippen molar-refractivity contribution in [1.29, 1.82) is 0 Å². The standard InChI is InChI=1S/C12H21N3S2/c1-8(2)11-14-12(17-15-11)13-9-6-4-5-7-10(9)16-3/h8-10H,4-7H2,1-3H3,(H,13,14,15). The van der Waals surface area contributed by atoms with Gasteiger partial charge in [-0.25, -0.2) is 4.98 Å². The highest BCUT2D eigenvalue weighted by atomic mass is 32.2. The van der Waals surface area contributed by atoms with E-state index < -0.39 is 0 Å². The lowest BCUT2D eigenvalue weighted by Gasteiger charge is -2.30. The van der Waals surface area contributed by atoms with E-state index in [4.69, 9.17) is 0 Å². The number of nitrogens with one attached hydrogen (secondary N) is 1. The summed E-state index contributed by atoms with van der Waals surface area (Å²) in [7, 11) is 0. The van der Waals surface area contributed by atoms with E-state index in [1.807, 2.05) is 11.8 Å². The number of thioether (sulfide) groups is 1. The maximum atomic E-state index is 4.56. The fourth-order valence-electron chi connectivity index (χ4n) is 2.23. The van der Waals surface area contributed by atoms with Crippen LogP contribution in [0, 0.1) is 0 Å². The Morgan fingerprint density at radius 1 is 1.35 bits per heavy atom. The van der Waals surface area contributed by atoms with Gasteiger partial charge in [0.15, 0.2) is 0 Å². The van der Waals surface area contributed by atoms with Crippen LogP contribution in [0.3, 0.4) is 0 Å². The van der Waals surface area contributed by atoms with Crippen LogP contribution >= 0.6 is 23.3 Å². The Morgan fingerprint density at radius 3 is 2.76 bits per heavy atom. The van der Waals surface area contributed by atoms with Gasteiger partial charge in [0, 0.05) is 28.7 Å². The van der Waals surface area contributed by atoms with Crippen LogP contribution in [0.5, 0.6) is 0 Å². The number of hydrogen-bond acceptors (Lipinski definition) is 5. The molecule has 2 atom stereocenters. The van der Waals surface area contributed by atoms with Crippen molar-refractivity contribution in [3.8, 4) is 0 Å². The number of aromatic nitrogens is 2. The normalized spacial score (nSPS) is 25.2. The van der Waals surface area contributed by atoms with Crippen LogP contribution in [-0.2, 0) is 0 Å². The first-order chi connectivity index (χ1) is 8.20. The number of nitrogens with zero attached hydrogens (tertiary/aromatic N) is 2. The van der Waals surface area contributed by atoms with Gasteiger partial charge in [0.2, 0.25) is 5.13 Å². The molecule has 17 heavy (non-hydrogen) atoms. The van der Waals surface area contributed by atoms with E-state index in [9.17, 15) is 0 Å². The second-order valence-corrected chi connectivity index (χ2v) is 6.75. The summed E-state index contributed by atoms with van der Waals surface area (Å²) in [6.07, 6.45) is 7.52. The summed E-state index contributed by atoms with van der Waals surface area (Å²) in [5, 5.41) is 5.31. The van der Waals surface area contributed by atoms with Crippen molar-refractivity contribution in [3.63, 3.8) is 0 Å². The molecule has 1 aliphatic carbocycles. The average Bonchev–Trinajstić information content (AvgIpc) is 2.78. The molecule has 0 saturated heterocycles. The maximum Gasteiger partial charge on any atom is 0.202 e. The summed E-state index contributed by atoms with van der Waals surface area (Å²) >= 11 is 3.48. The molecule has 2 unspecified atom stereocenters. The van der Waals surface area contributed by atoms with Crippen LogP contribution in [0.1, 0.15) is 51.3 Å². The number of anilines is 1. The van der Waals surface area contributed by atoms with E-state index in [1.54, 1.807) is 0 Å². The molecule has 5 heteroatoms. The minimum Gasteiger partial charge on any atom is -0.356 e. The van der Waals surface area contributed by atoms with Crippen molar-refractivity contribution >= 4 is 28.4 Å². The van der Waals surface area contributed by atoms with Gasteiger partial charge in [0.1, 0.15) is 5.82 Å². The average molecular weight is 271 g/mol. The molecule has 2 rings (SSSR count). The minimum absolute atomic E-state index is 0.421. The van der Waals surface area contributed by atoms with E-state index >= 15 is 0 Å². The third-order valence-electron chi connectivity index (χ3n) is 3.27. The molecule has 1 aromatic rings. The Balaban J connectivity index is 1.98. The van der Waals surface area contributed by atoms with Gasteiger partial charge in [-0.05, 0) is 19.1 Å². The molecular formula is C12H21N3S2. The molecule has 0 bridgehead atoms. The Kier molecular flexibility index (Phi) is 4.68. The molecule has 1 heterocycles. The Morgan fingerprint density at radius 2 is 2.12 bits per heavy atom. The SMILES string of the molecule is CSC1CCCCC1Nc1nc(C(C)C)ns1. The zero-order valence-corrected chi connectivity index (χ0v) is 12.4. The summed E-state index contributed by atoms with van der Waals surface area (Å²) in [5.74, 6) is 1.39. The first-order valence-corrected chi connectivity index (χ1v) is 8.39. The van der Waals surface area contributed by atoms with Gasteiger partial charge in [0.05, 0.1) is 0 Å². The van der Waals surface area contributed by atoms with E-state index in [1.165, 1.54) is 37.2 Å². The van der Waals surface area contributed by atoms with Crippen molar-refractivity contribution in [2.24, 2.45) is 0 Å². The summed E-state index contributed by atoms with van der Waals surface area (Å²) < 4.78 is 4.39. The highest BCUT2D eigenvalue weighted by molar-refractivity contribution is 7.99. The van der Waals surface area contributed by atoms with Crippen LogP contribution in [0.25, 0.3) is 0 Å². The molecule has 0 radical (unpaired) electrons. The van der Waals surface area contributed by atoms with E-state index in [0.717, 1.165) is 16.2 Å². The lowest BCUT2D eigenvalue weighted by atomic mass is 9.95. The fraction of sp³-hybridized carbons (Fsp3) is 0.833. The summed E-state index contributed by atoms with van der Waals surface area (Å²) in [6.45, 7) is 4.27. The fourth-order valence-corrected chi connectivity index (χ4v) is 3.94. The smallest absolute Gasteiger partial charge is 0.202 e. The van der Waals surface area contributed by atoms with Gasteiger partial charge >= 0.3 is 0 Å². The lowest BCUT2D eigenvalue weighted by Crippen LogP contribution is -2.34. The highest BCUT2D eigenvalue weighted by Crippen LogP contribution is 2.30. The van der Waals surface area contributed by atoms with Crippen molar-refractivity contribution in [2.45, 2.75) is 56.7 Å². The predicted octanol–water partition coefficient (Wildman–Crippen LogP) is 3.75. The topological polar surface area (TPSA) is 37.8 Å². The highest BCUT2D eigenvalue weighted by Gasteiger charge is 2.25. The molecule has 3 nitrogen and oxygen atoms in total. The third kappa shape index (κ3) is 3.35. The van der Waals surface area contributed by atoms with Crippen LogP contribution in [0.2, 0.25) is 0 Å². The van der Waals surface area contributed by atoms with Crippen molar-refractivity contribution in [2.75, 3.05) is 11.6 Å². The molecule has 1 saturated carbocycles. The van der Waals surface area contributed by atoms with E-state index in [0.29, 0.717) is 12.0 Å². The van der Waals surface area contributed by atoms with Gasteiger partial charge in [0.25, 0.3) is 0 Å². The summed E-state index contributed by atoms with van der Waals surface area (Å²) in [5.41, 5.74) is 0. The second kappa shape index (κ2) is 6.05. The Hall–Kier alpha value is -0.290. The minimum atomic E-state index is 0.421. The quantitative estimate of drug-likeness (QED) is 0.905. The molecule has 0 amide bonds. The van der Waals surface area contributed by atoms with Crippen LogP contribution < -0.4 is 5.32 Å². The van der Waals surface area contributed by atoms with Gasteiger partial charge in [-0.2, -0.15) is 16.1 Å². The maximum absolute atomic E-state index is 4.56. The predicted molar refractivity (Wildman–Crippen MR) is 77.2 cm³/mol. The molecule has 96 valence electrons. The van der Waals surface area contributed by atoms with E-state index in [2.05, 4.69) is 34.8 Å². The summed E-state index contributed by atoms with van der Waals surface area (Å²) in [4.78, 5) is 4.56. The molecule has 0 aromatic carbocycles. The number of hydrogen-bond donors (Lipinski definition) is 1. The lowest BCUT2D eigenvalue weighted by molar-refractivity contribution is 0.475. The summed E-state index contributed by atoms with van der Waals surface area (Å²) in [6, 6.07) is 0.576. The van der Waals surface area contributed by atoms with Gasteiger partial charge < -0.3 is 5.32 Å². The molecule has 1 aromatic heterocycles. The molecular weight excluding hydrogens is 250 g/mol. The Labute approximate surface area is 112 Å². The molecule has 1 fully saturated rings.